The van der Waals surface area contributed by atoms with Gasteiger partial charge < -0.3 is 14.6 Å². The van der Waals surface area contributed by atoms with E-state index in [1.807, 2.05) is 0 Å². The van der Waals surface area contributed by atoms with Gasteiger partial charge in [-0.05, 0) is 6.07 Å². The topological polar surface area (TPSA) is 80.4 Å². The second kappa shape index (κ2) is 3.04. The molecule has 3 rings (SSSR count). The molecule has 1 fully saturated rings. The summed E-state index contributed by atoms with van der Waals surface area (Å²) in [7, 11) is 0. The molecule has 3 atom stereocenters. The molecule has 0 spiro atoms. The smallest absolute Gasteiger partial charge is 0.300 e. The van der Waals surface area contributed by atoms with E-state index in [1.54, 1.807) is 16.8 Å². The van der Waals surface area contributed by atoms with Gasteiger partial charge in [0, 0.05) is 12.6 Å². The number of hydrogen-bond acceptors (Lipinski definition) is 5. The van der Waals surface area contributed by atoms with Crippen LogP contribution in [0.15, 0.2) is 12.3 Å². The zero-order valence-electron chi connectivity index (χ0n) is 7.96. The highest BCUT2D eigenvalue weighted by Gasteiger charge is 2.43. The number of nitrogens with one attached hydrogen (secondary N) is 1. The summed E-state index contributed by atoms with van der Waals surface area (Å²) in [5.74, 6) is 0. The van der Waals surface area contributed by atoms with E-state index in [1.165, 1.54) is 0 Å². The molecule has 0 aliphatic carbocycles. The van der Waals surface area contributed by atoms with Crippen LogP contribution < -0.4 is 10.2 Å². The van der Waals surface area contributed by atoms with Gasteiger partial charge in [-0.1, -0.05) is 0 Å². The van der Waals surface area contributed by atoms with Crippen LogP contribution in [0.1, 0.15) is 12.6 Å². The summed E-state index contributed by atoms with van der Waals surface area (Å²) in [5.41, 5.74) is 0.180. The molecular weight excluding hydrogens is 198 g/mol. The van der Waals surface area contributed by atoms with Crippen LogP contribution in [0.4, 0.5) is 0 Å². The van der Waals surface area contributed by atoms with Crippen molar-refractivity contribution < 1.29 is 14.6 Å². The average molecular weight is 209 g/mol. The summed E-state index contributed by atoms with van der Waals surface area (Å²) in [6.07, 6.45) is 1.95. The van der Waals surface area contributed by atoms with Crippen molar-refractivity contribution in [3.8, 4) is 6.01 Å². The fourth-order valence-electron chi connectivity index (χ4n) is 2.01. The van der Waals surface area contributed by atoms with Crippen LogP contribution in [-0.2, 0) is 4.74 Å². The van der Waals surface area contributed by atoms with E-state index in [-0.39, 0.29) is 30.5 Å². The van der Waals surface area contributed by atoms with Crippen molar-refractivity contribution in [2.75, 3.05) is 6.61 Å². The Hall–Kier alpha value is -1.40. The van der Waals surface area contributed by atoms with Crippen molar-refractivity contribution in [1.29, 1.82) is 5.41 Å². The highest BCUT2D eigenvalue weighted by molar-refractivity contribution is 5.08. The maximum absolute atomic E-state index is 8.98. The highest BCUT2D eigenvalue weighted by Crippen LogP contribution is 2.38. The molecule has 6 heteroatoms. The number of aromatic nitrogens is 2. The first-order valence-electron chi connectivity index (χ1n) is 4.84. The Morgan fingerprint density at radius 1 is 1.67 bits per heavy atom. The van der Waals surface area contributed by atoms with Crippen molar-refractivity contribution in [3.05, 3.63) is 17.8 Å². The quantitative estimate of drug-likeness (QED) is 0.647. The molecule has 2 aliphatic heterocycles. The second-order valence-corrected chi connectivity index (χ2v) is 3.73. The van der Waals surface area contributed by atoms with E-state index < -0.39 is 0 Å². The Labute approximate surface area is 85.6 Å². The van der Waals surface area contributed by atoms with Gasteiger partial charge in [0.2, 0.25) is 0 Å². The fourth-order valence-corrected chi connectivity index (χ4v) is 2.01. The van der Waals surface area contributed by atoms with E-state index in [9.17, 15) is 0 Å². The number of aliphatic hydroxyl groups excluding tert-OH is 1. The van der Waals surface area contributed by atoms with Crippen molar-refractivity contribution >= 4 is 0 Å². The SMILES string of the molecule is N=c1ccn2c(n1)O[C@H]1C[C@@H](CO)O[C@H]12. The largest absolute Gasteiger partial charge is 0.456 e. The van der Waals surface area contributed by atoms with Crippen LogP contribution in [0, 0.1) is 5.41 Å². The molecule has 6 nitrogen and oxygen atoms in total. The summed E-state index contributed by atoms with van der Waals surface area (Å²) in [6, 6.07) is 2.01. The van der Waals surface area contributed by atoms with Crippen LogP contribution >= 0.6 is 0 Å². The third-order valence-corrected chi connectivity index (χ3v) is 2.71. The lowest BCUT2D eigenvalue weighted by Gasteiger charge is -2.11. The van der Waals surface area contributed by atoms with E-state index in [0.717, 1.165) is 0 Å². The first kappa shape index (κ1) is 8.87. The van der Waals surface area contributed by atoms with E-state index >= 15 is 0 Å². The van der Waals surface area contributed by atoms with Crippen LogP contribution in [-0.4, -0.2) is 33.5 Å². The van der Waals surface area contributed by atoms with Gasteiger partial charge in [0.1, 0.15) is 6.10 Å². The number of ether oxygens (including phenoxy) is 2. The number of nitrogens with zero attached hydrogens (tertiary/aromatic N) is 2. The van der Waals surface area contributed by atoms with Gasteiger partial charge in [-0.3, -0.25) is 9.98 Å². The van der Waals surface area contributed by atoms with Gasteiger partial charge >= 0.3 is 6.01 Å². The van der Waals surface area contributed by atoms with Gasteiger partial charge in [0.15, 0.2) is 11.7 Å². The number of fused-ring (bicyclic) bond motifs is 3. The van der Waals surface area contributed by atoms with Crippen LogP contribution in [0.2, 0.25) is 0 Å². The molecule has 1 aromatic heterocycles. The minimum absolute atomic E-state index is 0.0101. The average Bonchev–Trinajstić information content (AvgIpc) is 2.73. The van der Waals surface area contributed by atoms with Crippen LogP contribution in [0.3, 0.4) is 0 Å². The van der Waals surface area contributed by atoms with Gasteiger partial charge in [0.05, 0.1) is 12.7 Å². The fraction of sp³-hybridized carbons (Fsp3) is 0.556. The molecule has 0 radical (unpaired) electrons. The molecule has 1 aromatic rings. The molecular formula is C9H11N3O3. The van der Waals surface area contributed by atoms with Gasteiger partial charge in [-0.25, -0.2) is 0 Å². The summed E-state index contributed by atoms with van der Waals surface area (Å²) >= 11 is 0. The van der Waals surface area contributed by atoms with E-state index in [0.29, 0.717) is 12.4 Å². The molecule has 0 amide bonds. The van der Waals surface area contributed by atoms with Crippen molar-refractivity contribution in [3.63, 3.8) is 0 Å². The molecule has 1 saturated heterocycles. The van der Waals surface area contributed by atoms with E-state index in [4.69, 9.17) is 20.0 Å². The maximum Gasteiger partial charge on any atom is 0.300 e. The minimum Gasteiger partial charge on any atom is -0.456 e. The lowest BCUT2D eigenvalue weighted by atomic mass is 10.2. The molecule has 0 bridgehead atoms. The van der Waals surface area contributed by atoms with Crippen molar-refractivity contribution in [2.45, 2.75) is 24.9 Å². The molecule has 0 unspecified atom stereocenters. The summed E-state index contributed by atoms with van der Waals surface area (Å²) in [5, 5.41) is 16.3. The van der Waals surface area contributed by atoms with Crippen LogP contribution in [0.5, 0.6) is 6.01 Å². The summed E-state index contributed by atoms with van der Waals surface area (Å²) in [4.78, 5) is 3.95. The normalized spacial score (nSPS) is 32.2. The first-order chi connectivity index (χ1) is 7.28. The lowest BCUT2D eigenvalue weighted by Crippen LogP contribution is -2.16. The minimum atomic E-state index is -0.203. The molecule has 2 N–H and O–H groups in total. The predicted molar refractivity (Wildman–Crippen MR) is 48.1 cm³/mol. The lowest BCUT2D eigenvalue weighted by molar-refractivity contribution is -0.0256. The second-order valence-electron chi connectivity index (χ2n) is 3.73. The van der Waals surface area contributed by atoms with Crippen LogP contribution in [0.25, 0.3) is 0 Å². The van der Waals surface area contributed by atoms with Gasteiger partial charge in [-0.15, -0.1) is 0 Å². The number of hydrogen-bond donors (Lipinski definition) is 2. The molecule has 3 heterocycles. The van der Waals surface area contributed by atoms with Gasteiger partial charge in [0.25, 0.3) is 0 Å². The Balaban J connectivity index is 1.96. The van der Waals surface area contributed by atoms with Crippen molar-refractivity contribution in [2.24, 2.45) is 0 Å². The van der Waals surface area contributed by atoms with Gasteiger partial charge in [-0.2, -0.15) is 4.98 Å². The molecule has 0 aromatic carbocycles. The standard InChI is InChI=1S/C9H11N3O3/c10-7-1-2-12-8-6(15-9(12)11-7)3-5(4-13)14-8/h1-2,5-6,8,10,13H,3-4H2/t5-,6-,8+/m0/s1. The van der Waals surface area contributed by atoms with Crippen molar-refractivity contribution in [1.82, 2.24) is 9.55 Å². The highest BCUT2D eigenvalue weighted by atomic mass is 16.6. The predicted octanol–water partition coefficient (Wildman–Crippen LogP) is -0.597. The summed E-state index contributed by atoms with van der Waals surface area (Å²) < 4.78 is 12.9. The van der Waals surface area contributed by atoms with E-state index in [2.05, 4.69) is 4.98 Å². The molecule has 80 valence electrons. The Morgan fingerprint density at radius 2 is 2.53 bits per heavy atom. The summed E-state index contributed by atoms with van der Waals surface area (Å²) in [6.45, 7) is 0.0101. The number of aliphatic hydroxyl groups is 1. The Bertz CT molecular complexity index is 444. The zero-order valence-corrected chi connectivity index (χ0v) is 7.96. The monoisotopic (exact) mass is 209 g/mol. The Morgan fingerprint density at radius 3 is 3.33 bits per heavy atom. The maximum atomic E-state index is 8.98. The zero-order chi connectivity index (χ0) is 10.4. The number of rotatable bonds is 1. The Kier molecular flexibility index (Phi) is 1.80. The third kappa shape index (κ3) is 1.25. The first-order valence-corrected chi connectivity index (χ1v) is 4.84. The molecule has 0 saturated carbocycles. The molecule has 15 heavy (non-hydrogen) atoms. The third-order valence-electron chi connectivity index (χ3n) is 2.71. The molecule has 2 aliphatic rings.